The zero-order valence-electron chi connectivity index (χ0n) is 11.2. The molecule has 0 aromatic carbocycles. The number of aliphatic imine (C=N–C) groups is 1. The van der Waals surface area contributed by atoms with E-state index in [2.05, 4.69) is 34.5 Å². The number of hydrogen-bond acceptors (Lipinski definition) is 3. The van der Waals surface area contributed by atoms with Gasteiger partial charge in [0.2, 0.25) is 5.88 Å². The van der Waals surface area contributed by atoms with Crippen LogP contribution in [0.3, 0.4) is 0 Å². The minimum atomic E-state index is 0. The molecule has 1 aromatic heterocycles. The lowest BCUT2D eigenvalue weighted by atomic mass is 10.2. The summed E-state index contributed by atoms with van der Waals surface area (Å²) in [4.78, 5) is 8.27. The zero-order chi connectivity index (χ0) is 12.7. The summed E-state index contributed by atoms with van der Waals surface area (Å²) in [7, 11) is 3.37. The predicted octanol–water partition coefficient (Wildman–Crippen LogP) is 1.78. The van der Waals surface area contributed by atoms with Crippen LogP contribution in [0.25, 0.3) is 0 Å². The smallest absolute Gasteiger partial charge is 0.218 e. The van der Waals surface area contributed by atoms with Gasteiger partial charge in [-0.15, -0.1) is 24.0 Å². The summed E-state index contributed by atoms with van der Waals surface area (Å²) in [6.45, 7) is 4.76. The highest BCUT2D eigenvalue weighted by Crippen LogP contribution is 2.12. The van der Waals surface area contributed by atoms with E-state index >= 15 is 0 Å². The van der Waals surface area contributed by atoms with E-state index in [0.717, 1.165) is 11.5 Å². The first-order chi connectivity index (χ1) is 8.17. The first kappa shape index (κ1) is 16.9. The summed E-state index contributed by atoms with van der Waals surface area (Å²) < 4.78 is 5.18. The van der Waals surface area contributed by atoms with Crippen LogP contribution < -0.4 is 15.4 Å². The number of halogens is 1. The van der Waals surface area contributed by atoms with Crippen molar-refractivity contribution in [2.75, 3.05) is 14.2 Å². The molecular formula is C12H21IN4O. The second-order valence-corrected chi connectivity index (χ2v) is 3.90. The number of pyridine rings is 1. The molecule has 0 aliphatic rings. The molecule has 0 aliphatic carbocycles. The quantitative estimate of drug-likeness (QED) is 0.486. The number of guanidine groups is 1. The first-order valence-electron chi connectivity index (χ1n) is 5.62. The number of ether oxygens (including phenoxy) is 1. The lowest BCUT2D eigenvalue weighted by molar-refractivity contribution is 0.392. The average molecular weight is 364 g/mol. The largest absolute Gasteiger partial charge is 0.481 e. The van der Waals surface area contributed by atoms with Gasteiger partial charge in [0, 0.05) is 31.4 Å². The maximum atomic E-state index is 5.18. The second-order valence-electron chi connectivity index (χ2n) is 3.90. The Morgan fingerprint density at radius 2 is 2.22 bits per heavy atom. The molecular weight excluding hydrogens is 343 g/mol. The van der Waals surface area contributed by atoms with Crippen molar-refractivity contribution >= 4 is 29.9 Å². The molecule has 1 rings (SSSR count). The molecule has 0 fully saturated rings. The summed E-state index contributed by atoms with van der Waals surface area (Å²) >= 11 is 0. The van der Waals surface area contributed by atoms with Gasteiger partial charge >= 0.3 is 0 Å². The van der Waals surface area contributed by atoms with Gasteiger partial charge in [0.1, 0.15) is 0 Å². The third kappa shape index (κ3) is 5.52. The first-order valence-corrected chi connectivity index (χ1v) is 5.62. The third-order valence-electron chi connectivity index (χ3n) is 2.14. The molecule has 0 radical (unpaired) electrons. The summed E-state index contributed by atoms with van der Waals surface area (Å²) in [5.74, 6) is 1.41. The average Bonchev–Trinajstić information content (AvgIpc) is 2.34. The molecule has 0 spiro atoms. The van der Waals surface area contributed by atoms with Gasteiger partial charge in [-0.3, -0.25) is 4.99 Å². The highest BCUT2D eigenvalue weighted by atomic mass is 127. The molecule has 5 nitrogen and oxygen atoms in total. The Bertz CT molecular complexity index is 382. The van der Waals surface area contributed by atoms with Crippen molar-refractivity contribution in [1.82, 2.24) is 15.6 Å². The fraction of sp³-hybridized carbons (Fsp3) is 0.500. The van der Waals surface area contributed by atoms with Gasteiger partial charge < -0.3 is 15.4 Å². The van der Waals surface area contributed by atoms with E-state index in [4.69, 9.17) is 4.74 Å². The van der Waals surface area contributed by atoms with Gasteiger partial charge in [-0.05, 0) is 19.9 Å². The van der Waals surface area contributed by atoms with E-state index < -0.39 is 0 Å². The molecule has 6 heteroatoms. The van der Waals surface area contributed by atoms with Crippen molar-refractivity contribution in [3.8, 4) is 5.88 Å². The monoisotopic (exact) mass is 364 g/mol. The topological polar surface area (TPSA) is 58.5 Å². The molecule has 0 unspecified atom stereocenters. The van der Waals surface area contributed by atoms with Crippen LogP contribution in [0, 0.1) is 0 Å². The standard InChI is InChI=1S/C12H20N4O.HI/c1-9(2)16-12(13-3)15-8-10-6-5-7-14-11(10)17-4;/h5-7,9H,8H2,1-4H3,(H2,13,15,16);1H. The Balaban J connectivity index is 0.00000289. The molecule has 0 atom stereocenters. The molecule has 0 saturated heterocycles. The molecule has 1 heterocycles. The van der Waals surface area contributed by atoms with Crippen LogP contribution in [0.2, 0.25) is 0 Å². The van der Waals surface area contributed by atoms with Crippen LogP contribution in [0.5, 0.6) is 5.88 Å². The molecule has 102 valence electrons. The SMILES string of the molecule is CN=C(NCc1cccnc1OC)NC(C)C.I. The maximum Gasteiger partial charge on any atom is 0.218 e. The van der Waals surface area contributed by atoms with E-state index in [-0.39, 0.29) is 24.0 Å². The van der Waals surface area contributed by atoms with Crippen molar-refractivity contribution in [2.45, 2.75) is 26.4 Å². The van der Waals surface area contributed by atoms with Gasteiger partial charge in [0.25, 0.3) is 0 Å². The third-order valence-corrected chi connectivity index (χ3v) is 2.14. The number of hydrogen-bond donors (Lipinski definition) is 2. The molecule has 0 bridgehead atoms. The molecule has 18 heavy (non-hydrogen) atoms. The Kier molecular flexibility index (Phi) is 8.43. The van der Waals surface area contributed by atoms with Crippen molar-refractivity contribution in [3.63, 3.8) is 0 Å². The Morgan fingerprint density at radius 1 is 1.50 bits per heavy atom. The van der Waals surface area contributed by atoms with Crippen LogP contribution in [0.4, 0.5) is 0 Å². The number of rotatable bonds is 4. The molecule has 0 aliphatic heterocycles. The number of aromatic nitrogens is 1. The summed E-state index contributed by atoms with van der Waals surface area (Å²) in [5.41, 5.74) is 1.00. The molecule has 2 N–H and O–H groups in total. The van der Waals surface area contributed by atoms with Crippen molar-refractivity contribution in [1.29, 1.82) is 0 Å². The van der Waals surface area contributed by atoms with E-state index in [1.807, 2.05) is 12.1 Å². The summed E-state index contributed by atoms with van der Waals surface area (Å²) in [6, 6.07) is 4.21. The fourth-order valence-corrected chi connectivity index (χ4v) is 1.39. The van der Waals surface area contributed by atoms with E-state index in [0.29, 0.717) is 18.5 Å². The maximum absolute atomic E-state index is 5.18. The molecule has 1 aromatic rings. The van der Waals surface area contributed by atoms with Crippen LogP contribution in [0.1, 0.15) is 19.4 Å². The minimum Gasteiger partial charge on any atom is -0.481 e. The van der Waals surface area contributed by atoms with Crippen LogP contribution in [-0.4, -0.2) is 31.1 Å². The number of nitrogens with one attached hydrogen (secondary N) is 2. The van der Waals surface area contributed by atoms with E-state index in [1.54, 1.807) is 20.4 Å². The van der Waals surface area contributed by atoms with Crippen LogP contribution in [0.15, 0.2) is 23.3 Å². The number of methoxy groups -OCH3 is 1. The van der Waals surface area contributed by atoms with Gasteiger partial charge in [-0.1, -0.05) is 6.07 Å². The fourth-order valence-electron chi connectivity index (χ4n) is 1.39. The van der Waals surface area contributed by atoms with Gasteiger partial charge in [-0.2, -0.15) is 0 Å². The van der Waals surface area contributed by atoms with Crippen molar-refractivity contribution in [3.05, 3.63) is 23.9 Å². The van der Waals surface area contributed by atoms with Gasteiger partial charge in [0.05, 0.1) is 7.11 Å². The minimum absolute atomic E-state index is 0. The van der Waals surface area contributed by atoms with Crippen LogP contribution >= 0.6 is 24.0 Å². The van der Waals surface area contributed by atoms with Crippen LogP contribution in [-0.2, 0) is 6.54 Å². The number of nitrogens with zero attached hydrogens (tertiary/aromatic N) is 2. The van der Waals surface area contributed by atoms with Crippen molar-refractivity contribution in [2.24, 2.45) is 4.99 Å². The zero-order valence-corrected chi connectivity index (χ0v) is 13.6. The second kappa shape index (κ2) is 8.96. The highest BCUT2D eigenvalue weighted by molar-refractivity contribution is 14.0. The molecule has 0 amide bonds. The summed E-state index contributed by atoms with van der Waals surface area (Å²) in [5, 5.41) is 6.43. The lowest BCUT2D eigenvalue weighted by Crippen LogP contribution is -2.40. The van der Waals surface area contributed by atoms with Crippen molar-refractivity contribution < 1.29 is 4.74 Å². The Labute approximate surface area is 125 Å². The highest BCUT2D eigenvalue weighted by Gasteiger charge is 2.04. The Hall–Kier alpha value is -1.05. The Morgan fingerprint density at radius 3 is 2.78 bits per heavy atom. The predicted molar refractivity (Wildman–Crippen MR) is 84.7 cm³/mol. The normalized spacial score (nSPS) is 10.8. The van der Waals surface area contributed by atoms with Gasteiger partial charge in [0.15, 0.2) is 5.96 Å². The van der Waals surface area contributed by atoms with E-state index in [9.17, 15) is 0 Å². The molecule has 0 saturated carbocycles. The lowest BCUT2D eigenvalue weighted by Gasteiger charge is -2.15. The van der Waals surface area contributed by atoms with E-state index in [1.165, 1.54) is 0 Å². The summed E-state index contributed by atoms with van der Waals surface area (Å²) in [6.07, 6.45) is 1.71. The van der Waals surface area contributed by atoms with Gasteiger partial charge in [-0.25, -0.2) is 4.98 Å².